The Balaban J connectivity index is 1.46. The van der Waals surface area contributed by atoms with Crippen LogP contribution >= 0.6 is 7.14 Å². The number of aromatic nitrogens is 1. The number of fused-ring (bicyclic) bond motifs is 9. The van der Waals surface area contributed by atoms with Gasteiger partial charge < -0.3 is 9.13 Å². The van der Waals surface area contributed by atoms with Gasteiger partial charge in [-0.15, -0.1) is 0 Å². The van der Waals surface area contributed by atoms with Crippen LogP contribution in [-0.2, 0) is 11.6 Å². The molecule has 0 aliphatic carbocycles. The Bertz CT molecular complexity index is 2260. The largest absolute Gasteiger partial charge is 0.344 e. The van der Waals surface area contributed by atoms with Crippen molar-refractivity contribution in [1.82, 2.24) is 4.57 Å². The van der Waals surface area contributed by atoms with E-state index < -0.39 is 7.14 Å². The zero-order valence-electron chi connectivity index (χ0n) is 22.1. The molecule has 0 amide bonds. The highest BCUT2D eigenvalue weighted by atomic mass is 31.2. The van der Waals surface area contributed by atoms with Crippen molar-refractivity contribution >= 4 is 77.2 Å². The van der Waals surface area contributed by atoms with Gasteiger partial charge in [0.15, 0.2) is 7.14 Å². The highest BCUT2D eigenvalue weighted by molar-refractivity contribution is 7.85. The summed E-state index contributed by atoms with van der Waals surface area (Å²) >= 11 is 0. The first-order valence-corrected chi connectivity index (χ1v) is 15.3. The molecular formula is C37H26NOP. The van der Waals surface area contributed by atoms with Crippen LogP contribution in [0.3, 0.4) is 0 Å². The van der Waals surface area contributed by atoms with Crippen LogP contribution < -0.4 is 15.9 Å². The molecule has 0 bridgehead atoms. The molecule has 0 aliphatic rings. The summed E-state index contributed by atoms with van der Waals surface area (Å²) in [5, 5.41) is 12.5. The summed E-state index contributed by atoms with van der Waals surface area (Å²) in [7, 11) is -0.941. The van der Waals surface area contributed by atoms with Gasteiger partial charge in [-0.05, 0) is 50.5 Å². The van der Waals surface area contributed by atoms with E-state index in [4.69, 9.17) is 0 Å². The maximum absolute atomic E-state index is 15.1. The third kappa shape index (κ3) is 3.21. The van der Waals surface area contributed by atoms with Crippen molar-refractivity contribution in [2.75, 3.05) is 0 Å². The molecule has 0 fully saturated rings. The Hall–Kier alpha value is -4.65. The van der Waals surface area contributed by atoms with Gasteiger partial charge in [-0.2, -0.15) is 0 Å². The Morgan fingerprint density at radius 1 is 0.400 bits per heavy atom. The molecule has 0 spiro atoms. The van der Waals surface area contributed by atoms with E-state index in [0.717, 1.165) is 21.4 Å². The smallest absolute Gasteiger partial charge is 0.171 e. The van der Waals surface area contributed by atoms with Crippen LogP contribution in [0, 0.1) is 0 Å². The van der Waals surface area contributed by atoms with E-state index in [1.54, 1.807) is 0 Å². The molecule has 0 saturated heterocycles. The molecule has 0 N–H and O–H groups in total. The van der Waals surface area contributed by atoms with Crippen molar-refractivity contribution in [3.8, 4) is 0 Å². The minimum Gasteiger partial charge on any atom is -0.344 e. The molecule has 8 rings (SSSR count). The molecule has 0 atom stereocenters. The lowest BCUT2D eigenvalue weighted by atomic mass is 9.93. The molecule has 8 aromatic rings. The van der Waals surface area contributed by atoms with Gasteiger partial charge in [-0.25, -0.2) is 0 Å². The van der Waals surface area contributed by atoms with E-state index in [-0.39, 0.29) is 0 Å². The Morgan fingerprint density at radius 3 is 1.40 bits per heavy atom. The van der Waals surface area contributed by atoms with E-state index in [9.17, 15) is 0 Å². The zero-order chi connectivity index (χ0) is 26.8. The van der Waals surface area contributed by atoms with Crippen LogP contribution in [0.2, 0.25) is 0 Å². The van der Waals surface area contributed by atoms with Gasteiger partial charge in [0.05, 0.1) is 0 Å². The lowest BCUT2D eigenvalue weighted by Gasteiger charge is -2.20. The number of rotatable bonds is 3. The molecule has 1 heterocycles. The number of benzene rings is 7. The second-order valence-corrected chi connectivity index (χ2v) is 13.3. The molecule has 2 nitrogen and oxygen atoms in total. The number of hydrogen-bond donors (Lipinski definition) is 0. The van der Waals surface area contributed by atoms with Crippen molar-refractivity contribution < 1.29 is 4.57 Å². The first-order chi connectivity index (χ1) is 19.6. The third-order valence-electron chi connectivity index (χ3n) is 8.46. The number of nitrogens with zero attached hydrogens (tertiary/aromatic N) is 1. The quantitative estimate of drug-likeness (QED) is 0.166. The Labute approximate surface area is 232 Å². The first-order valence-electron chi connectivity index (χ1n) is 13.6. The van der Waals surface area contributed by atoms with Gasteiger partial charge in [-0.1, -0.05) is 121 Å². The fourth-order valence-electron chi connectivity index (χ4n) is 6.51. The van der Waals surface area contributed by atoms with E-state index in [1.165, 1.54) is 48.6 Å². The highest BCUT2D eigenvalue weighted by Crippen LogP contribution is 2.44. The van der Waals surface area contributed by atoms with Crippen molar-refractivity contribution in [2.24, 2.45) is 7.05 Å². The minimum absolute atomic E-state index is 0.850. The second-order valence-electron chi connectivity index (χ2n) is 10.5. The normalized spacial score (nSPS) is 12.2. The van der Waals surface area contributed by atoms with Crippen LogP contribution in [0.25, 0.3) is 54.1 Å². The molecule has 7 aromatic carbocycles. The first kappa shape index (κ1) is 23.3. The fraction of sp³-hybridized carbons (Fsp3) is 0.0270. The molecular weight excluding hydrogens is 505 g/mol. The van der Waals surface area contributed by atoms with Gasteiger partial charge in [0.2, 0.25) is 0 Å². The molecule has 190 valence electrons. The molecule has 1 aromatic heterocycles. The summed E-state index contributed by atoms with van der Waals surface area (Å²) in [6, 6.07) is 48.3. The number of hydrogen-bond acceptors (Lipinski definition) is 1. The fourth-order valence-corrected chi connectivity index (χ4v) is 9.17. The molecule has 3 heteroatoms. The SMILES string of the molecule is Cn1c2cc(P(=O)(c3ccccc3)c3ccccc3)ccc2c2cc3c4ccccc4c4ccccc4c3cc21. The van der Waals surface area contributed by atoms with Crippen LogP contribution in [0.5, 0.6) is 0 Å². The molecule has 0 unspecified atom stereocenters. The van der Waals surface area contributed by atoms with Crippen LogP contribution in [-0.4, -0.2) is 4.57 Å². The number of aryl methyl sites for hydroxylation is 1. The monoisotopic (exact) mass is 531 g/mol. The Morgan fingerprint density at radius 2 is 0.850 bits per heavy atom. The molecule has 0 aliphatic heterocycles. The summed E-state index contributed by atoms with van der Waals surface area (Å²) in [5.74, 6) is 0. The highest BCUT2D eigenvalue weighted by Gasteiger charge is 2.30. The van der Waals surface area contributed by atoms with Crippen molar-refractivity contribution in [2.45, 2.75) is 0 Å². The standard InChI is InChI=1S/C37H26NOP/c1-38-36-22-27(40(39,25-12-4-2-5-13-25)26-14-6-3-7-15-26)20-21-32(36)35-23-33-30-18-10-8-16-28(30)29-17-9-11-19-31(29)34(33)24-37(35)38/h2-24H,1H3. The van der Waals surface area contributed by atoms with Crippen LogP contribution in [0.1, 0.15) is 0 Å². The molecule has 40 heavy (non-hydrogen) atoms. The van der Waals surface area contributed by atoms with Crippen LogP contribution in [0.15, 0.2) is 140 Å². The summed E-state index contributed by atoms with van der Waals surface area (Å²) in [4.78, 5) is 0. The summed E-state index contributed by atoms with van der Waals surface area (Å²) in [6.45, 7) is 0. The molecule has 0 saturated carbocycles. The maximum atomic E-state index is 15.1. The second kappa shape index (κ2) is 8.68. The minimum atomic E-state index is -3.07. The topological polar surface area (TPSA) is 22.0 Å². The predicted octanol–water partition coefficient (Wildman–Crippen LogP) is 8.43. The van der Waals surface area contributed by atoms with Gasteiger partial charge in [0.25, 0.3) is 0 Å². The van der Waals surface area contributed by atoms with E-state index in [0.29, 0.717) is 0 Å². The van der Waals surface area contributed by atoms with Gasteiger partial charge >= 0.3 is 0 Å². The lowest BCUT2D eigenvalue weighted by molar-refractivity contribution is 0.592. The maximum Gasteiger partial charge on any atom is 0.171 e. The van der Waals surface area contributed by atoms with Gasteiger partial charge in [-0.3, -0.25) is 0 Å². The third-order valence-corrected chi connectivity index (χ3v) is 11.5. The summed E-state index contributed by atoms with van der Waals surface area (Å²) in [6.07, 6.45) is 0. The van der Waals surface area contributed by atoms with E-state index >= 15 is 4.57 Å². The zero-order valence-corrected chi connectivity index (χ0v) is 23.0. The molecule has 0 radical (unpaired) electrons. The van der Waals surface area contributed by atoms with Crippen molar-refractivity contribution in [3.05, 3.63) is 140 Å². The van der Waals surface area contributed by atoms with E-state index in [2.05, 4.69) is 90.5 Å². The van der Waals surface area contributed by atoms with Crippen molar-refractivity contribution in [3.63, 3.8) is 0 Å². The van der Waals surface area contributed by atoms with Gasteiger partial charge in [0, 0.05) is 44.8 Å². The summed E-state index contributed by atoms with van der Waals surface area (Å²) < 4.78 is 17.3. The van der Waals surface area contributed by atoms with Gasteiger partial charge in [0.1, 0.15) is 0 Å². The summed E-state index contributed by atoms with van der Waals surface area (Å²) in [5.41, 5.74) is 2.26. The van der Waals surface area contributed by atoms with Crippen LogP contribution in [0.4, 0.5) is 0 Å². The average molecular weight is 532 g/mol. The average Bonchev–Trinajstić information content (AvgIpc) is 3.31. The Kier molecular flexibility index (Phi) is 5.05. The lowest BCUT2D eigenvalue weighted by Crippen LogP contribution is -2.25. The van der Waals surface area contributed by atoms with Crippen molar-refractivity contribution in [1.29, 1.82) is 0 Å². The van der Waals surface area contributed by atoms with E-state index in [1.807, 2.05) is 60.7 Å². The predicted molar refractivity (Wildman–Crippen MR) is 172 cm³/mol.